The molecule has 1 rings (SSSR count). The highest BCUT2D eigenvalue weighted by atomic mass is 32.2. The van der Waals surface area contributed by atoms with Crippen LogP contribution in [0.2, 0.25) is 0 Å². The molecule has 0 aromatic heterocycles. The summed E-state index contributed by atoms with van der Waals surface area (Å²) in [7, 11) is -3.04. The topological polar surface area (TPSA) is 49.4 Å². The van der Waals surface area contributed by atoms with Gasteiger partial charge in [0.1, 0.15) is 0 Å². The second-order valence-corrected chi connectivity index (χ2v) is 7.31. The zero-order chi connectivity index (χ0) is 12.9. The SMILES string of the molecule is CCCNCCS(=O)(=O)N1CCC(C(C)C)C1. The first kappa shape index (κ1) is 14.9. The van der Waals surface area contributed by atoms with Crippen LogP contribution >= 0.6 is 0 Å². The Morgan fingerprint density at radius 3 is 2.59 bits per heavy atom. The molecule has 4 nitrogen and oxygen atoms in total. The van der Waals surface area contributed by atoms with E-state index in [-0.39, 0.29) is 5.75 Å². The lowest BCUT2D eigenvalue weighted by molar-refractivity contribution is 0.388. The predicted molar refractivity (Wildman–Crippen MR) is 71.5 cm³/mol. The maximum absolute atomic E-state index is 12.1. The first-order valence-corrected chi connectivity index (χ1v) is 8.26. The van der Waals surface area contributed by atoms with Crippen molar-refractivity contribution in [2.45, 2.75) is 33.6 Å². The summed E-state index contributed by atoms with van der Waals surface area (Å²) < 4.78 is 25.8. The quantitative estimate of drug-likeness (QED) is 0.704. The van der Waals surface area contributed by atoms with Crippen molar-refractivity contribution >= 4 is 10.0 Å². The van der Waals surface area contributed by atoms with E-state index in [0.717, 1.165) is 19.4 Å². The van der Waals surface area contributed by atoms with Gasteiger partial charge in [0.25, 0.3) is 0 Å². The summed E-state index contributed by atoms with van der Waals surface area (Å²) >= 11 is 0. The average molecular weight is 262 g/mol. The minimum Gasteiger partial charge on any atom is -0.316 e. The Hall–Kier alpha value is -0.130. The second kappa shape index (κ2) is 6.71. The zero-order valence-corrected chi connectivity index (χ0v) is 12.1. The molecular formula is C12H26N2O2S. The van der Waals surface area contributed by atoms with Crippen LogP contribution in [0.3, 0.4) is 0 Å². The second-order valence-electron chi connectivity index (χ2n) is 5.22. The van der Waals surface area contributed by atoms with Gasteiger partial charge in [-0.25, -0.2) is 12.7 Å². The minimum absolute atomic E-state index is 0.234. The lowest BCUT2D eigenvalue weighted by Gasteiger charge is -2.18. The largest absolute Gasteiger partial charge is 0.316 e. The number of rotatable bonds is 7. The molecule has 1 fully saturated rings. The van der Waals surface area contributed by atoms with Gasteiger partial charge in [0.15, 0.2) is 0 Å². The Labute approximate surface area is 106 Å². The first-order chi connectivity index (χ1) is 7.97. The fourth-order valence-electron chi connectivity index (χ4n) is 2.18. The molecule has 1 aliphatic heterocycles. The molecule has 102 valence electrons. The van der Waals surface area contributed by atoms with Crippen molar-refractivity contribution in [2.24, 2.45) is 11.8 Å². The van der Waals surface area contributed by atoms with E-state index < -0.39 is 10.0 Å². The molecule has 0 bridgehead atoms. The molecule has 0 aromatic rings. The summed E-state index contributed by atoms with van der Waals surface area (Å²) in [5.41, 5.74) is 0. The number of nitrogens with zero attached hydrogens (tertiary/aromatic N) is 1. The van der Waals surface area contributed by atoms with E-state index >= 15 is 0 Å². The zero-order valence-electron chi connectivity index (χ0n) is 11.3. The van der Waals surface area contributed by atoms with Gasteiger partial charge in [-0.15, -0.1) is 0 Å². The smallest absolute Gasteiger partial charge is 0.215 e. The third kappa shape index (κ3) is 4.56. The molecule has 0 aromatic carbocycles. The van der Waals surface area contributed by atoms with Gasteiger partial charge >= 0.3 is 0 Å². The number of sulfonamides is 1. The summed E-state index contributed by atoms with van der Waals surface area (Å²) in [5, 5.41) is 3.14. The van der Waals surface area contributed by atoms with Gasteiger partial charge < -0.3 is 5.32 Å². The van der Waals surface area contributed by atoms with E-state index in [2.05, 4.69) is 26.1 Å². The Kier molecular flexibility index (Phi) is 5.89. The van der Waals surface area contributed by atoms with Crippen LogP contribution < -0.4 is 5.32 Å². The Balaban J connectivity index is 2.38. The molecule has 17 heavy (non-hydrogen) atoms. The van der Waals surface area contributed by atoms with Crippen molar-refractivity contribution in [3.63, 3.8) is 0 Å². The molecular weight excluding hydrogens is 236 g/mol. The summed E-state index contributed by atoms with van der Waals surface area (Å²) in [4.78, 5) is 0. The van der Waals surface area contributed by atoms with E-state index in [1.165, 1.54) is 0 Å². The normalized spacial score (nSPS) is 22.5. The minimum atomic E-state index is -3.04. The van der Waals surface area contributed by atoms with Crippen LogP contribution in [-0.4, -0.2) is 44.7 Å². The Morgan fingerprint density at radius 2 is 2.06 bits per heavy atom. The van der Waals surface area contributed by atoms with Crippen LogP contribution in [0.4, 0.5) is 0 Å². The van der Waals surface area contributed by atoms with Crippen LogP contribution in [0.1, 0.15) is 33.6 Å². The van der Waals surface area contributed by atoms with Crippen molar-refractivity contribution in [1.29, 1.82) is 0 Å². The fourth-order valence-corrected chi connectivity index (χ4v) is 3.65. The summed E-state index contributed by atoms with van der Waals surface area (Å²) in [6, 6.07) is 0. The van der Waals surface area contributed by atoms with Gasteiger partial charge in [0.2, 0.25) is 10.0 Å². The molecule has 1 heterocycles. The standard InChI is InChI=1S/C12H26N2O2S/c1-4-6-13-7-9-17(15,16)14-8-5-12(10-14)11(2)3/h11-13H,4-10H2,1-3H3. The number of hydrogen-bond donors (Lipinski definition) is 1. The van der Waals surface area contributed by atoms with E-state index in [4.69, 9.17) is 0 Å². The van der Waals surface area contributed by atoms with Crippen LogP contribution in [0.5, 0.6) is 0 Å². The van der Waals surface area contributed by atoms with Gasteiger partial charge in [-0.3, -0.25) is 0 Å². The van der Waals surface area contributed by atoms with E-state index in [1.807, 2.05) is 0 Å². The number of hydrogen-bond acceptors (Lipinski definition) is 3. The van der Waals surface area contributed by atoms with Gasteiger partial charge in [-0.1, -0.05) is 20.8 Å². The number of nitrogens with one attached hydrogen (secondary N) is 1. The molecule has 1 aliphatic rings. The fraction of sp³-hybridized carbons (Fsp3) is 1.00. The lowest BCUT2D eigenvalue weighted by atomic mass is 9.96. The molecule has 1 saturated heterocycles. The van der Waals surface area contributed by atoms with Gasteiger partial charge in [-0.05, 0) is 31.2 Å². The first-order valence-electron chi connectivity index (χ1n) is 6.66. The lowest BCUT2D eigenvalue weighted by Crippen LogP contribution is -2.35. The Morgan fingerprint density at radius 1 is 1.35 bits per heavy atom. The average Bonchev–Trinajstić information content (AvgIpc) is 2.74. The maximum Gasteiger partial charge on any atom is 0.215 e. The molecule has 0 radical (unpaired) electrons. The highest BCUT2D eigenvalue weighted by Gasteiger charge is 2.32. The molecule has 0 amide bonds. The van der Waals surface area contributed by atoms with E-state index in [1.54, 1.807) is 4.31 Å². The van der Waals surface area contributed by atoms with E-state index in [0.29, 0.717) is 31.5 Å². The highest BCUT2D eigenvalue weighted by molar-refractivity contribution is 7.89. The van der Waals surface area contributed by atoms with Crippen LogP contribution in [0.15, 0.2) is 0 Å². The van der Waals surface area contributed by atoms with Gasteiger partial charge in [0, 0.05) is 19.6 Å². The van der Waals surface area contributed by atoms with Gasteiger partial charge in [-0.2, -0.15) is 0 Å². The van der Waals surface area contributed by atoms with Crippen LogP contribution in [0, 0.1) is 11.8 Å². The van der Waals surface area contributed by atoms with Crippen molar-refractivity contribution in [1.82, 2.24) is 9.62 Å². The molecule has 0 spiro atoms. The third-order valence-corrected chi connectivity index (χ3v) is 5.33. The van der Waals surface area contributed by atoms with Crippen molar-refractivity contribution < 1.29 is 8.42 Å². The molecule has 5 heteroatoms. The highest BCUT2D eigenvalue weighted by Crippen LogP contribution is 2.25. The monoisotopic (exact) mass is 262 g/mol. The van der Waals surface area contributed by atoms with Gasteiger partial charge in [0.05, 0.1) is 5.75 Å². The predicted octanol–water partition coefficient (Wildman–Crippen LogP) is 1.29. The van der Waals surface area contributed by atoms with Crippen LogP contribution in [0.25, 0.3) is 0 Å². The molecule has 1 N–H and O–H groups in total. The van der Waals surface area contributed by atoms with Crippen molar-refractivity contribution in [3.8, 4) is 0 Å². The van der Waals surface area contributed by atoms with Crippen molar-refractivity contribution in [3.05, 3.63) is 0 Å². The molecule has 0 aliphatic carbocycles. The summed E-state index contributed by atoms with van der Waals surface area (Å²) in [5.74, 6) is 1.35. The summed E-state index contributed by atoms with van der Waals surface area (Å²) in [6.07, 6.45) is 2.05. The molecule has 0 saturated carbocycles. The summed E-state index contributed by atoms with van der Waals surface area (Å²) in [6.45, 7) is 9.30. The van der Waals surface area contributed by atoms with E-state index in [9.17, 15) is 8.42 Å². The van der Waals surface area contributed by atoms with Crippen LogP contribution in [-0.2, 0) is 10.0 Å². The third-order valence-electron chi connectivity index (χ3n) is 3.49. The molecule has 1 atom stereocenters. The maximum atomic E-state index is 12.1. The van der Waals surface area contributed by atoms with Crippen molar-refractivity contribution in [2.75, 3.05) is 31.9 Å². The Bertz CT molecular complexity index is 314. The molecule has 1 unspecified atom stereocenters.